The Balaban J connectivity index is 1.94. The van der Waals surface area contributed by atoms with Gasteiger partial charge in [-0.1, -0.05) is 30.3 Å². The number of nitrogens with one attached hydrogen (secondary N) is 1. The normalized spacial score (nSPS) is 16.9. The molecule has 0 aromatic heterocycles. The predicted octanol–water partition coefficient (Wildman–Crippen LogP) is 3.58. The number of carbonyl (C=O) groups excluding carboxylic acids is 1. The fourth-order valence-corrected chi connectivity index (χ4v) is 2.30. The zero-order valence-electron chi connectivity index (χ0n) is 10.9. The minimum atomic E-state index is -0.399. The van der Waals surface area contributed by atoms with E-state index in [1.807, 2.05) is 30.3 Å². The molecule has 0 unspecified atom stereocenters. The molecule has 0 fully saturated rings. The van der Waals surface area contributed by atoms with Gasteiger partial charge in [0.15, 0.2) is 0 Å². The summed E-state index contributed by atoms with van der Waals surface area (Å²) in [5, 5.41) is 3.29. The summed E-state index contributed by atoms with van der Waals surface area (Å²) in [4.78, 5) is 11.8. The second-order valence-electron chi connectivity index (χ2n) is 4.76. The van der Waals surface area contributed by atoms with Crippen molar-refractivity contribution in [3.8, 4) is 0 Å². The van der Waals surface area contributed by atoms with Gasteiger partial charge in [-0.3, -0.25) is 0 Å². The first-order valence-corrected chi connectivity index (χ1v) is 6.29. The summed E-state index contributed by atoms with van der Waals surface area (Å²) in [6, 6.07) is 13.5. The summed E-state index contributed by atoms with van der Waals surface area (Å²) in [5.74, 6) is -0.265. The van der Waals surface area contributed by atoms with E-state index in [1.54, 1.807) is 6.07 Å². The Bertz CT molecular complexity index is 649. The van der Waals surface area contributed by atoms with Crippen molar-refractivity contribution in [1.29, 1.82) is 0 Å². The second-order valence-corrected chi connectivity index (χ2v) is 4.76. The van der Waals surface area contributed by atoms with Crippen LogP contribution in [0.15, 0.2) is 42.5 Å². The molecular formula is C16H15NO2. The second kappa shape index (κ2) is 4.43. The number of benzene rings is 2. The number of hydrogen-bond acceptors (Lipinski definition) is 3. The van der Waals surface area contributed by atoms with Gasteiger partial charge in [0.1, 0.15) is 0 Å². The van der Waals surface area contributed by atoms with Crippen LogP contribution >= 0.6 is 0 Å². The third-order valence-corrected chi connectivity index (χ3v) is 3.58. The van der Waals surface area contributed by atoms with Gasteiger partial charge in [0.25, 0.3) is 0 Å². The highest BCUT2D eigenvalue weighted by Crippen LogP contribution is 2.32. The fourth-order valence-electron chi connectivity index (χ4n) is 2.30. The highest BCUT2D eigenvalue weighted by Gasteiger charge is 2.30. The summed E-state index contributed by atoms with van der Waals surface area (Å²) in [6.45, 7) is 4.12. The Morgan fingerprint density at radius 3 is 2.68 bits per heavy atom. The van der Waals surface area contributed by atoms with Crippen molar-refractivity contribution in [1.82, 2.24) is 0 Å². The first-order valence-electron chi connectivity index (χ1n) is 6.29. The van der Waals surface area contributed by atoms with E-state index in [0.717, 1.165) is 11.3 Å². The van der Waals surface area contributed by atoms with Crippen molar-refractivity contribution in [3.05, 3.63) is 64.7 Å². The molecule has 3 rings (SSSR count). The molecule has 1 atom stereocenters. The molecule has 0 radical (unpaired) electrons. The quantitative estimate of drug-likeness (QED) is 0.831. The summed E-state index contributed by atoms with van der Waals surface area (Å²) in [7, 11) is 0. The first kappa shape index (κ1) is 11.8. The first-order chi connectivity index (χ1) is 9.16. The number of fused-ring (bicyclic) bond motifs is 1. The molecule has 1 heterocycles. The van der Waals surface area contributed by atoms with E-state index < -0.39 is 6.23 Å². The van der Waals surface area contributed by atoms with Gasteiger partial charge in [-0.15, -0.1) is 0 Å². The van der Waals surface area contributed by atoms with Gasteiger partial charge in [-0.2, -0.15) is 0 Å². The van der Waals surface area contributed by atoms with Crippen LogP contribution in [0.25, 0.3) is 0 Å². The standard InChI is InChI=1S/C16H15NO2/c1-10-6-5-9-14(11(10)2)17-15-12-7-3-4-8-13(12)16(18)19-15/h3-9,15,17H,1-2H3/t15-/m1/s1. The average Bonchev–Trinajstić information content (AvgIpc) is 2.73. The summed E-state index contributed by atoms with van der Waals surface area (Å²) < 4.78 is 5.38. The number of carbonyl (C=O) groups is 1. The smallest absolute Gasteiger partial charge is 0.340 e. The predicted molar refractivity (Wildman–Crippen MR) is 74.1 cm³/mol. The average molecular weight is 253 g/mol. The lowest BCUT2D eigenvalue weighted by atomic mass is 10.1. The molecule has 1 aliphatic heterocycles. The van der Waals surface area contributed by atoms with Crippen LogP contribution in [-0.2, 0) is 4.74 Å². The number of rotatable bonds is 2. The molecule has 0 aliphatic carbocycles. The van der Waals surface area contributed by atoms with E-state index in [0.29, 0.717) is 5.56 Å². The Morgan fingerprint density at radius 1 is 1.05 bits per heavy atom. The minimum Gasteiger partial charge on any atom is -0.434 e. The summed E-state index contributed by atoms with van der Waals surface area (Å²) >= 11 is 0. The summed E-state index contributed by atoms with van der Waals surface area (Å²) in [6.07, 6.45) is -0.399. The molecule has 1 aliphatic rings. The fraction of sp³-hybridized carbons (Fsp3) is 0.188. The summed E-state index contributed by atoms with van der Waals surface area (Å²) in [5.41, 5.74) is 4.92. The number of anilines is 1. The van der Waals surface area contributed by atoms with Crippen molar-refractivity contribution in [3.63, 3.8) is 0 Å². The number of aryl methyl sites for hydroxylation is 1. The SMILES string of the molecule is Cc1cccc(N[C@@H]2OC(=O)c3ccccc32)c1C. The molecule has 0 saturated carbocycles. The molecule has 3 nitrogen and oxygen atoms in total. The van der Waals surface area contributed by atoms with E-state index in [1.165, 1.54) is 11.1 Å². The maximum Gasteiger partial charge on any atom is 0.340 e. The maximum atomic E-state index is 11.8. The Kier molecular flexibility index (Phi) is 2.75. The largest absolute Gasteiger partial charge is 0.434 e. The number of cyclic esters (lactones) is 1. The molecule has 3 heteroatoms. The van der Waals surface area contributed by atoms with Crippen LogP contribution in [0.2, 0.25) is 0 Å². The molecule has 0 spiro atoms. The number of ether oxygens (including phenoxy) is 1. The van der Waals surface area contributed by atoms with Crippen LogP contribution < -0.4 is 5.32 Å². The zero-order chi connectivity index (χ0) is 13.4. The molecule has 0 amide bonds. The van der Waals surface area contributed by atoms with Crippen molar-refractivity contribution in [2.75, 3.05) is 5.32 Å². The monoisotopic (exact) mass is 253 g/mol. The number of hydrogen-bond donors (Lipinski definition) is 1. The van der Waals surface area contributed by atoms with Gasteiger partial charge < -0.3 is 10.1 Å². The van der Waals surface area contributed by atoms with E-state index in [2.05, 4.69) is 25.2 Å². The highest BCUT2D eigenvalue weighted by molar-refractivity contribution is 5.94. The van der Waals surface area contributed by atoms with E-state index >= 15 is 0 Å². The molecule has 2 aromatic carbocycles. The zero-order valence-corrected chi connectivity index (χ0v) is 10.9. The lowest BCUT2D eigenvalue weighted by Crippen LogP contribution is -2.11. The third-order valence-electron chi connectivity index (χ3n) is 3.58. The Labute approximate surface area is 112 Å². The van der Waals surface area contributed by atoms with Gasteiger partial charge in [0.2, 0.25) is 6.23 Å². The third kappa shape index (κ3) is 1.97. The molecule has 2 aromatic rings. The van der Waals surface area contributed by atoms with Gasteiger partial charge in [0.05, 0.1) is 5.56 Å². The van der Waals surface area contributed by atoms with E-state index in [4.69, 9.17) is 4.74 Å². The number of esters is 1. The van der Waals surface area contributed by atoms with Crippen molar-refractivity contribution < 1.29 is 9.53 Å². The minimum absolute atomic E-state index is 0.265. The van der Waals surface area contributed by atoms with Crippen LogP contribution in [0.1, 0.15) is 33.3 Å². The van der Waals surface area contributed by atoms with Crippen molar-refractivity contribution in [2.24, 2.45) is 0 Å². The molecule has 19 heavy (non-hydrogen) atoms. The van der Waals surface area contributed by atoms with Crippen LogP contribution in [-0.4, -0.2) is 5.97 Å². The van der Waals surface area contributed by atoms with Crippen LogP contribution in [0.4, 0.5) is 5.69 Å². The molecule has 96 valence electrons. The van der Waals surface area contributed by atoms with Crippen LogP contribution in [0, 0.1) is 13.8 Å². The molecular weight excluding hydrogens is 238 g/mol. The van der Waals surface area contributed by atoms with Crippen LogP contribution in [0.5, 0.6) is 0 Å². The van der Waals surface area contributed by atoms with Crippen LogP contribution in [0.3, 0.4) is 0 Å². The van der Waals surface area contributed by atoms with E-state index in [-0.39, 0.29) is 5.97 Å². The van der Waals surface area contributed by atoms with Gasteiger partial charge in [0, 0.05) is 11.3 Å². The Hall–Kier alpha value is -2.29. The Morgan fingerprint density at radius 2 is 1.84 bits per heavy atom. The molecule has 1 N–H and O–H groups in total. The van der Waals surface area contributed by atoms with Crippen molar-refractivity contribution in [2.45, 2.75) is 20.1 Å². The van der Waals surface area contributed by atoms with Gasteiger partial charge >= 0.3 is 5.97 Å². The lowest BCUT2D eigenvalue weighted by Gasteiger charge is -2.17. The van der Waals surface area contributed by atoms with Gasteiger partial charge in [-0.05, 0) is 37.1 Å². The topological polar surface area (TPSA) is 38.3 Å². The molecule has 0 saturated heterocycles. The molecule has 0 bridgehead atoms. The maximum absolute atomic E-state index is 11.8. The lowest BCUT2D eigenvalue weighted by molar-refractivity contribution is 0.0437. The van der Waals surface area contributed by atoms with Gasteiger partial charge in [-0.25, -0.2) is 4.79 Å². The van der Waals surface area contributed by atoms with E-state index in [9.17, 15) is 4.79 Å². The van der Waals surface area contributed by atoms with Crippen molar-refractivity contribution >= 4 is 11.7 Å². The highest BCUT2D eigenvalue weighted by atomic mass is 16.6.